The average Bonchev–Trinajstić information content (AvgIpc) is 3.50. The second kappa shape index (κ2) is 21.4. The smallest absolute Gasteiger partial charge is 0.317 e. The number of ether oxygens (including phenoxy) is 3. The Hall–Kier alpha value is -2.42. The number of fused-ring (bicyclic) bond motifs is 1. The lowest BCUT2D eigenvalue weighted by atomic mass is 9.97. The lowest BCUT2D eigenvalue weighted by molar-refractivity contribution is -0.123. The molecule has 45 heavy (non-hydrogen) atoms. The lowest BCUT2D eigenvalue weighted by Crippen LogP contribution is -2.48. The molecule has 5 amide bonds. The molecule has 14 heteroatoms. The molecular formula is C31H56N6O7S. The minimum absolute atomic E-state index is 0.0152. The summed E-state index contributed by atoms with van der Waals surface area (Å²) in [7, 11) is 0. The predicted molar refractivity (Wildman–Crippen MR) is 176 cm³/mol. The molecule has 2 saturated heterocycles. The van der Waals surface area contributed by atoms with Gasteiger partial charge in [-0.2, -0.15) is 11.8 Å². The van der Waals surface area contributed by atoms with E-state index in [1.165, 1.54) is 0 Å². The Morgan fingerprint density at radius 3 is 1.93 bits per heavy atom. The van der Waals surface area contributed by atoms with Gasteiger partial charge in [-0.1, -0.05) is 27.2 Å². The maximum Gasteiger partial charge on any atom is 0.317 e. The molecule has 0 aromatic carbocycles. The van der Waals surface area contributed by atoms with Gasteiger partial charge in [0.25, 0.3) is 0 Å². The second-order valence-corrected chi connectivity index (χ2v) is 13.9. The summed E-state index contributed by atoms with van der Waals surface area (Å²) in [5, 5.41) is 14.8. The van der Waals surface area contributed by atoms with Crippen LogP contribution in [0.15, 0.2) is 4.99 Å². The first-order chi connectivity index (χ1) is 21.5. The van der Waals surface area contributed by atoms with Gasteiger partial charge in [0.2, 0.25) is 17.7 Å². The third-order valence-corrected chi connectivity index (χ3v) is 8.93. The van der Waals surface area contributed by atoms with E-state index < -0.39 is 5.66 Å². The molecule has 0 bridgehead atoms. The molecule has 3 atom stereocenters. The highest BCUT2D eigenvalue weighted by Crippen LogP contribution is 2.40. The maximum absolute atomic E-state index is 12.1. The van der Waals surface area contributed by atoms with Gasteiger partial charge in [-0.3, -0.25) is 19.4 Å². The summed E-state index contributed by atoms with van der Waals surface area (Å²) in [6.07, 6.45) is 5.82. The van der Waals surface area contributed by atoms with Gasteiger partial charge in [-0.15, -0.1) is 0 Å². The standard InChI is InChI=1S/C31H56N6O7S/c1-30(2,3)22-35-27(40)13-7-12-26(39)34-15-9-17-43-19-21-44-20-18-42-16-8-14-33-25(38)11-6-5-10-24-28-31(32-4,23-45-24)37-29(41)36-28/h24,28H,4-23H2,1-3H3,(H,33,38)(H,34,39)(H,35,40)(H2,36,37,41)/t24-,28-,31+/m1/s1. The van der Waals surface area contributed by atoms with Crippen molar-refractivity contribution in [2.75, 3.05) is 65.0 Å². The minimum Gasteiger partial charge on any atom is -0.379 e. The number of carbonyl (C=O) groups is 4. The molecule has 13 nitrogen and oxygen atoms in total. The Balaban J connectivity index is 1.28. The number of thioether (sulfide) groups is 1. The molecule has 2 aliphatic rings. The summed E-state index contributed by atoms with van der Waals surface area (Å²) in [4.78, 5) is 51.7. The molecule has 0 aromatic rings. The number of amides is 5. The molecule has 2 aliphatic heterocycles. The minimum atomic E-state index is -0.592. The van der Waals surface area contributed by atoms with Crippen molar-refractivity contribution in [1.29, 1.82) is 0 Å². The van der Waals surface area contributed by atoms with E-state index in [0.717, 1.165) is 31.4 Å². The van der Waals surface area contributed by atoms with Crippen LogP contribution < -0.4 is 26.6 Å². The van der Waals surface area contributed by atoms with E-state index in [4.69, 9.17) is 14.2 Å². The van der Waals surface area contributed by atoms with Crippen molar-refractivity contribution in [3.8, 4) is 0 Å². The summed E-state index contributed by atoms with van der Waals surface area (Å²) in [5.41, 5.74) is -0.544. The fourth-order valence-electron chi connectivity index (χ4n) is 4.88. The van der Waals surface area contributed by atoms with Crippen LogP contribution in [0.5, 0.6) is 0 Å². The van der Waals surface area contributed by atoms with E-state index in [9.17, 15) is 19.2 Å². The molecule has 2 heterocycles. The number of aliphatic imine (C=N–C) groups is 1. The normalized spacial score (nSPS) is 20.6. The van der Waals surface area contributed by atoms with Crippen molar-refractivity contribution < 1.29 is 33.4 Å². The lowest BCUT2D eigenvalue weighted by Gasteiger charge is -2.23. The fraction of sp³-hybridized carbons (Fsp3) is 0.839. The topological polar surface area (TPSA) is 168 Å². The van der Waals surface area contributed by atoms with Gasteiger partial charge in [0.15, 0.2) is 5.66 Å². The van der Waals surface area contributed by atoms with Crippen molar-refractivity contribution in [1.82, 2.24) is 26.6 Å². The second-order valence-electron chi connectivity index (χ2n) is 12.7. The third-order valence-electron chi connectivity index (χ3n) is 7.39. The van der Waals surface area contributed by atoms with Crippen molar-refractivity contribution in [3.63, 3.8) is 0 Å². The Morgan fingerprint density at radius 1 is 0.844 bits per heavy atom. The first kappa shape index (κ1) is 38.8. The van der Waals surface area contributed by atoms with Gasteiger partial charge in [-0.05, 0) is 44.2 Å². The highest BCUT2D eigenvalue weighted by atomic mass is 32.2. The van der Waals surface area contributed by atoms with Crippen LogP contribution in [-0.4, -0.2) is 112 Å². The third kappa shape index (κ3) is 16.6. The van der Waals surface area contributed by atoms with Crippen LogP contribution in [0.25, 0.3) is 0 Å². The van der Waals surface area contributed by atoms with Crippen molar-refractivity contribution in [3.05, 3.63) is 0 Å². The molecule has 0 aliphatic carbocycles. The van der Waals surface area contributed by atoms with Gasteiger partial charge in [-0.25, -0.2) is 4.79 Å². The quantitative estimate of drug-likeness (QED) is 0.0566. The maximum atomic E-state index is 12.1. The van der Waals surface area contributed by atoms with Crippen LogP contribution >= 0.6 is 11.8 Å². The van der Waals surface area contributed by atoms with Crippen molar-refractivity contribution >= 4 is 42.2 Å². The zero-order chi connectivity index (χ0) is 33.0. The predicted octanol–water partition coefficient (Wildman–Crippen LogP) is 2.14. The molecule has 0 unspecified atom stereocenters. The fourth-order valence-corrected chi connectivity index (χ4v) is 6.51. The number of hydrogen-bond acceptors (Lipinski definition) is 9. The number of urea groups is 1. The number of rotatable bonds is 25. The zero-order valence-corrected chi connectivity index (χ0v) is 28.3. The summed E-state index contributed by atoms with van der Waals surface area (Å²) in [6.45, 7) is 14.6. The Labute approximate surface area is 272 Å². The number of nitrogens with one attached hydrogen (secondary N) is 5. The number of unbranched alkanes of at least 4 members (excludes halogenated alkanes) is 1. The van der Waals surface area contributed by atoms with Crippen LogP contribution in [0.1, 0.15) is 78.6 Å². The van der Waals surface area contributed by atoms with Crippen molar-refractivity contribution in [2.24, 2.45) is 10.4 Å². The first-order valence-corrected chi connectivity index (χ1v) is 17.3. The van der Waals surface area contributed by atoms with Gasteiger partial charge in [0.05, 0.1) is 32.5 Å². The van der Waals surface area contributed by atoms with Crippen LogP contribution in [0.3, 0.4) is 0 Å². The monoisotopic (exact) mass is 656 g/mol. The first-order valence-electron chi connectivity index (χ1n) is 16.3. The molecule has 0 aromatic heterocycles. The summed E-state index contributed by atoms with van der Waals surface area (Å²) >= 11 is 1.79. The van der Waals surface area contributed by atoms with Crippen LogP contribution in [-0.2, 0) is 28.6 Å². The number of nitrogens with zero attached hydrogens (tertiary/aromatic N) is 1. The molecule has 258 valence electrons. The molecule has 0 saturated carbocycles. The Morgan fingerprint density at radius 2 is 1.38 bits per heavy atom. The zero-order valence-electron chi connectivity index (χ0n) is 27.5. The Kier molecular flexibility index (Phi) is 18.4. The molecule has 0 radical (unpaired) electrons. The highest BCUT2D eigenvalue weighted by Gasteiger charge is 2.54. The summed E-state index contributed by atoms with van der Waals surface area (Å²) in [6, 6.07) is -0.227. The van der Waals surface area contributed by atoms with Crippen LogP contribution in [0.2, 0.25) is 0 Å². The number of carbonyl (C=O) groups excluding carboxylic acids is 4. The molecule has 0 spiro atoms. The van der Waals surface area contributed by atoms with Crippen molar-refractivity contribution in [2.45, 2.75) is 95.5 Å². The van der Waals surface area contributed by atoms with E-state index in [2.05, 4.69) is 59.1 Å². The van der Waals surface area contributed by atoms with E-state index in [-0.39, 0.29) is 40.5 Å². The van der Waals surface area contributed by atoms with Gasteiger partial charge < -0.3 is 40.8 Å². The number of hydrogen-bond donors (Lipinski definition) is 5. The van der Waals surface area contributed by atoms with E-state index >= 15 is 0 Å². The van der Waals surface area contributed by atoms with E-state index in [1.54, 1.807) is 11.8 Å². The van der Waals surface area contributed by atoms with Crippen LogP contribution in [0.4, 0.5) is 4.79 Å². The van der Waals surface area contributed by atoms with Gasteiger partial charge >= 0.3 is 6.03 Å². The molecule has 2 rings (SSSR count). The largest absolute Gasteiger partial charge is 0.379 e. The van der Waals surface area contributed by atoms with E-state index in [0.29, 0.717) is 91.4 Å². The van der Waals surface area contributed by atoms with Crippen LogP contribution in [0, 0.1) is 5.41 Å². The van der Waals surface area contributed by atoms with E-state index in [1.807, 2.05) is 0 Å². The van der Waals surface area contributed by atoms with Gasteiger partial charge in [0, 0.05) is 63.1 Å². The molecule has 5 N–H and O–H groups in total. The SMILES string of the molecule is C=N[C@]12CS[C@H](CCCCC(=O)NCCCOCCOCCOCCCNC(=O)CCCC(=O)NCC(C)(C)C)[C@H]1NC(=O)N2. The average molecular weight is 657 g/mol. The highest BCUT2D eigenvalue weighted by molar-refractivity contribution is 8.00. The molecular weight excluding hydrogens is 600 g/mol. The molecule has 2 fully saturated rings. The Bertz CT molecular complexity index is 935. The summed E-state index contributed by atoms with van der Waals surface area (Å²) < 4.78 is 16.6. The van der Waals surface area contributed by atoms with Gasteiger partial charge in [0.1, 0.15) is 0 Å². The summed E-state index contributed by atoms with van der Waals surface area (Å²) in [5.74, 6) is 0.707.